The molecule has 2 aliphatic heterocycles. The van der Waals surface area contributed by atoms with Gasteiger partial charge in [0.2, 0.25) is 5.91 Å². The van der Waals surface area contributed by atoms with E-state index in [2.05, 4.69) is 15.3 Å². The van der Waals surface area contributed by atoms with Crippen molar-refractivity contribution in [1.82, 2.24) is 20.2 Å². The van der Waals surface area contributed by atoms with Gasteiger partial charge in [0.05, 0.1) is 10.6 Å². The van der Waals surface area contributed by atoms with Gasteiger partial charge in [-0.3, -0.25) is 19.4 Å². The molecule has 0 atom stereocenters. The molecular weight excluding hydrogens is 563 g/mol. The van der Waals surface area contributed by atoms with Gasteiger partial charge in [-0.05, 0) is 61.4 Å². The number of hydrogen-bond donors (Lipinski definition) is 1. The van der Waals surface area contributed by atoms with Crippen LogP contribution in [0.25, 0.3) is 0 Å². The van der Waals surface area contributed by atoms with E-state index in [1.165, 1.54) is 29.4 Å². The van der Waals surface area contributed by atoms with Gasteiger partial charge >= 0.3 is 0 Å². The summed E-state index contributed by atoms with van der Waals surface area (Å²) in [6.07, 6.45) is 3.13. The number of fused-ring (bicyclic) bond motifs is 2. The first-order valence-electron chi connectivity index (χ1n) is 13.2. The second-order valence-corrected chi connectivity index (χ2v) is 11.2. The lowest BCUT2D eigenvalue weighted by molar-refractivity contribution is -0.128. The van der Waals surface area contributed by atoms with Crippen LogP contribution >= 0.6 is 11.6 Å². The number of pyridine rings is 1. The smallest absolute Gasteiger partial charge is 0.281 e. The van der Waals surface area contributed by atoms with Crippen molar-refractivity contribution in [3.8, 4) is 0 Å². The SMILES string of the molecule is O=C(NC1CCC(CN2C(=O)C3(CN(C(=O)c4cocn4)C3)c3cc(F)ccc32)CC1)c1cc(Cl)cnc1C(F)F. The largest absolute Gasteiger partial charge is 0.451 e. The van der Waals surface area contributed by atoms with Gasteiger partial charge in [0.15, 0.2) is 12.1 Å². The highest BCUT2D eigenvalue weighted by Crippen LogP contribution is 2.48. The molecule has 1 saturated heterocycles. The van der Waals surface area contributed by atoms with E-state index < -0.39 is 29.3 Å². The Morgan fingerprint density at radius 1 is 1.15 bits per heavy atom. The second-order valence-electron chi connectivity index (χ2n) is 10.8. The number of rotatable bonds is 6. The van der Waals surface area contributed by atoms with E-state index in [0.717, 1.165) is 12.6 Å². The standard InChI is InChI=1S/C28H25ClF3N5O4/c29-16-7-19(23(24(31)32)33-9-16)25(38)35-18-4-1-15(2-5-18)10-37-22-6-3-17(30)8-20(22)28(27(37)40)12-36(13-28)26(39)21-11-41-14-34-21/h3,6-9,11,14-15,18,24H,1-2,4-5,10,12-13H2,(H,35,38). The zero-order chi connectivity index (χ0) is 28.9. The summed E-state index contributed by atoms with van der Waals surface area (Å²) in [6.45, 7) is 0.634. The lowest BCUT2D eigenvalue weighted by Gasteiger charge is -2.46. The molecule has 0 bridgehead atoms. The van der Waals surface area contributed by atoms with Crippen LogP contribution in [0.15, 0.2) is 47.5 Å². The summed E-state index contributed by atoms with van der Waals surface area (Å²) in [5, 5.41) is 2.91. The van der Waals surface area contributed by atoms with Crippen molar-refractivity contribution in [2.45, 2.75) is 43.6 Å². The van der Waals surface area contributed by atoms with Gasteiger partial charge in [-0.15, -0.1) is 0 Å². The van der Waals surface area contributed by atoms with Gasteiger partial charge in [0.1, 0.15) is 23.2 Å². The average Bonchev–Trinajstić information content (AvgIpc) is 3.54. The van der Waals surface area contributed by atoms with Crippen molar-refractivity contribution in [3.05, 3.63) is 76.5 Å². The number of anilines is 1. The van der Waals surface area contributed by atoms with Gasteiger partial charge in [-0.25, -0.2) is 18.2 Å². The molecule has 1 N–H and O–H groups in total. The molecule has 2 fully saturated rings. The molecule has 3 aromatic rings. The summed E-state index contributed by atoms with van der Waals surface area (Å²) < 4.78 is 45.9. The molecule has 0 unspecified atom stereocenters. The van der Waals surface area contributed by atoms with Gasteiger partial charge in [-0.2, -0.15) is 0 Å². The molecule has 1 spiro atoms. The van der Waals surface area contributed by atoms with Gasteiger partial charge in [0, 0.05) is 37.6 Å². The maximum absolute atomic E-state index is 14.3. The number of alkyl halides is 2. The number of amides is 3. The molecule has 0 radical (unpaired) electrons. The molecule has 4 heterocycles. The van der Waals surface area contributed by atoms with E-state index in [9.17, 15) is 27.6 Å². The number of benzene rings is 1. The Kier molecular flexibility index (Phi) is 6.96. The predicted octanol–water partition coefficient (Wildman–Crippen LogP) is 4.53. The molecule has 2 aromatic heterocycles. The van der Waals surface area contributed by atoms with E-state index in [0.29, 0.717) is 43.5 Å². The number of likely N-dealkylation sites (tertiary alicyclic amines) is 1. The number of halogens is 4. The molecule has 214 valence electrons. The first-order valence-corrected chi connectivity index (χ1v) is 13.6. The Bertz CT molecular complexity index is 1500. The molecule has 3 amide bonds. The van der Waals surface area contributed by atoms with E-state index in [4.69, 9.17) is 16.0 Å². The maximum atomic E-state index is 14.3. The quantitative estimate of drug-likeness (QED) is 0.454. The molecule has 13 heteroatoms. The zero-order valence-corrected chi connectivity index (χ0v) is 22.4. The molecule has 1 aliphatic carbocycles. The lowest BCUT2D eigenvalue weighted by atomic mass is 9.74. The van der Waals surface area contributed by atoms with Crippen LogP contribution in [0, 0.1) is 11.7 Å². The zero-order valence-electron chi connectivity index (χ0n) is 21.7. The van der Waals surface area contributed by atoms with E-state index in [1.54, 1.807) is 11.0 Å². The van der Waals surface area contributed by atoms with Crippen molar-refractivity contribution in [2.75, 3.05) is 24.5 Å². The van der Waals surface area contributed by atoms with Crippen molar-refractivity contribution in [3.63, 3.8) is 0 Å². The maximum Gasteiger partial charge on any atom is 0.281 e. The van der Waals surface area contributed by atoms with Crippen LogP contribution in [0.2, 0.25) is 5.02 Å². The number of nitrogens with zero attached hydrogens (tertiary/aromatic N) is 4. The third-order valence-electron chi connectivity index (χ3n) is 8.24. The fourth-order valence-electron chi connectivity index (χ4n) is 6.14. The number of carbonyl (C=O) groups is 3. The summed E-state index contributed by atoms with van der Waals surface area (Å²) in [5.74, 6) is -1.53. The highest BCUT2D eigenvalue weighted by molar-refractivity contribution is 6.30. The van der Waals surface area contributed by atoms with Crippen LogP contribution in [0.1, 0.15) is 64.2 Å². The molecule has 3 aliphatic rings. The summed E-state index contributed by atoms with van der Waals surface area (Å²) >= 11 is 5.88. The Morgan fingerprint density at radius 3 is 2.59 bits per heavy atom. The Hall–Kier alpha value is -3.93. The minimum absolute atomic E-state index is 0.0913. The first kappa shape index (κ1) is 27.3. The van der Waals surface area contributed by atoms with Crippen molar-refractivity contribution in [2.24, 2.45) is 5.92 Å². The Labute approximate surface area is 237 Å². The van der Waals surface area contributed by atoms with Gasteiger partial charge in [-0.1, -0.05) is 11.6 Å². The average molecular weight is 588 g/mol. The fraction of sp³-hybridized carbons (Fsp3) is 0.393. The van der Waals surface area contributed by atoms with Gasteiger partial charge in [0.25, 0.3) is 18.2 Å². The molecule has 1 saturated carbocycles. The van der Waals surface area contributed by atoms with Crippen LogP contribution in [-0.2, 0) is 10.2 Å². The van der Waals surface area contributed by atoms with Crippen molar-refractivity contribution < 1.29 is 32.0 Å². The molecule has 6 rings (SSSR count). The molecule has 9 nitrogen and oxygen atoms in total. The molecule has 1 aromatic carbocycles. The highest BCUT2D eigenvalue weighted by Gasteiger charge is 2.59. The number of carbonyl (C=O) groups excluding carboxylic acids is 3. The lowest BCUT2D eigenvalue weighted by Crippen LogP contribution is -2.65. The predicted molar refractivity (Wildman–Crippen MR) is 140 cm³/mol. The number of hydrogen-bond acceptors (Lipinski definition) is 6. The first-order chi connectivity index (χ1) is 19.7. The number of nitrogens with one attached hydrogen (secondary N) is 1. The van der Waals surface area contributed by atoms with Crippen LogP contribution in [0.5, 0.6) is 0 Å². The number of oxazole rings is 1. The summed E-state index contributed by atoms with van der Waals surface area (Å²) in [5.41, 5.74) is -0.541. The normalized spacial score (nSPS) is 21.2. The van der Waals surface area contributed by atoms with E-state index in [-0.39, 0.29) is 53.1 Å². The molecular formula is C28H25ClF3N5O4. The van der Waals surface area contributed by atoms with E-state index >= 15 is 0 Å². The third kappa shape index (κ3) is 4.83. The van der Waals surface area contributed by atoms with Crippen LogP contribution in [-0.4, -0.2) is 58.3 Å². The van der Waals surface area contributed by atoms with E-state index in [1.807, 2.05) is 0 Å². The summed E-state index contributed by atoms with van der Waals surface area (Å²) in [6, 6.07) is 5.25. The van der Waals surface area contributed by atoms with Crippen molar-refractivity contribution >= 4 is 35.0 Å². The topological polar surface area (TPSA) is 109 Å². The number of aromatic nitrogens is 2. The third-order valence-corrected chi connectivity index (χ3v) is 8.45. The summed E-state index contributed by atoms with van der Waals surface area (Å²) in [7, 11) is 0. The minimum atomic E-state index is -2.91. The van der Waals surface area contributed by atoms with Crippen LogP contribution in [0.3, 0.4) is 0 Å². The second kappa shape index (κ2) is 10.5. The van der Waals surface area contributed by atoms with Crippen molar-refractivity contribution in [1.29, 1.82) is 0 Å². The van der Waals surface area contributed by atoms with Crippen LogP contribution in [0.4, 0.5) is 18.9 Å². The minimum Gasteiger partial charge on any atom is -0.451 e. The Balaban J connectivity index is 1.11. The Morgan fingerprint density at radius 2 is 1.90 bits per heavy atom. The highest BCUT2D eigenvalue weighted by atomic mass is 35.5. The summed E-state index contributed by atoms with van der Waals surface area (Å²) in [4.78, 5) is 49.9. The molecule has 41 heavy (non-hydrogen) atoms. The monoisotopic (exact) mass is 587 g/mol. The fourth-order valence-corrected chi connectivity index (χ4v) is 6.30. The van der Waals surface area contributed by atoms with Gasteiger partial charge < -0.3 is 19.5 Å². The van der Waals surface area contributed by atoms with Crippen LogP contribution < -0.4 is 10.2 Å².